The third kappa shape index (κ3) is 2.83. The molecule has 108 valence electrons. The highest BCUT2D eigenvalue weighted by atomic mass is 32.1. The van der Waals surface area contributed by atoms with E-state index in [4.69, 9.17) is 22.7 Å². The monoisotopic (exact) mass is 299 g/mol. The number of hydrogen-bond acceptors (Lipinski definition) is 4. The molecule has 0 bridgehead atoms. The Balaban J connectivity index is 1.70. The SMILES string of the molecule is Cc1ccnc(NCC2Cc3ccccc3O2)c1C(N)=S. The van der Waals surface area contributed by atoms with E-state index < -0.39 is 0 Å². The maximum atomic E-state index is 5.90. The molecule has 0 spiro atoms. The minimum absolute atomic E-state index is 0.101. The first-order valence-corrected chi connectivity index (χ1v) is 7.30. The summed E-state index contributed by atoms with van der Waals surface area (Å²) in [7, 11) is 0. The fourth-order valence-corrected chi connectivity index (χ4v) is 2.84. The van der Waals surface area contributed by atoms with Gasteiger partial charge in [0.2, 0.25) is 0 Å². The van der Waals surface area contributed by atoms with E-state index in [0.717, 1.165) is 29.1 Å². The van der Waals surface area contributed by atoms with E-state index in [2.05, 4.69) is 16.4 Å². The van der Waals surface area contributed by atoms with Crippen molar-refractivity contribution < 1.29 is 4.74 Å². The predicted octanol–water partition coefficient (Wildman–Crippen LogP) is 2.44. The van der Waals surface area contributed by atoms with Crippen LogP contribution in [0.5, 0.6) is 5.75 Å². The normalized spacial score (nSPS) is 16.1. The summed E-state index contributed by atoms with van der Waals surface area (Å²) in [4.78, 5) is 4.70. The maximum Gasteiger partial charge on any atom is 0.136 e. The molecule has 1 aliphatic rings. The highest BCUT2D eigenvalue weighted by Crippen LogP contribution is 2.28. The van der Waals surface area contributed by atoms with Gasteiger partial charge in [0.25, 0.3) is 0 Å². The lowest BCUT2D eigenvalue weighted by Crippen LogP contribution is -2.26. The van der Waals surface area contributed by atoms with Crippen LogP contribution in [0.25, 0.3) is 0 Å². The molecule has 0 amide bonds. The Bertz CT molecular complexity index is 662. The number of ether oxygens (including phenoxy) is 1. The minimum Gasteiger partial charge on any atom is -0.488 e. The summed E-state index contributed by atoms with van der Waals surface area (Å²) in [6.45, 7) is 2.64. The van der Waals surface area contributed by atoms with Crippen molar-refractivity contribution in [2.24, 2.45) is 5.73 Å². The molecule has 0 fully saturated rings. The van der Waals surface area contributed by atoms with Crippen molar-refractivity contribution in [1.82, 2.24) is 4.98 Å². The minimum atomic E-state index is 0.101. The Hall–Kier alpha value is -2.14. The number of anilines is 1. The lowest BCUT2D eigenvalue weighted by atomic mass is 10.1. The van der Waals surface area contributed by atoms with Gasteiger partial charge in [0.15, 0.2) is 0 Å². The largest absolute Gasteiger partial charge is 0.488 e. The number of rotatable bonds is 4. The second-order valence-corrected chi connectivity index (χ2v) is 5.59. The van der Waals surface area contributed by atoms with E-state index in [-0.39, 0.29) is 6.10 Å². The number of hydrogen-bond donors (Lipinski definition) is 2. The lowest BCUT2D eigenvalue weighted by molar-refractivity contribution is 0.246. The number of nitrogens with one attached hydrogen (secondary N) is 1. The number of para-hydroxylation sites is 1. The van der Waals surface area contributed by atoms with E-state index in [1.807, 2.05) is 31.2 Å². The van der Waals surface area contributed by atoms with Crippen molar-refractivity contribution >= 4 is 23.0 Å². The zero-order chi connectivity index (χ0) is 14.8. The topological polar surface area (TPSA) is 60.2 Å². The Morgan fingerprint density at radius 3 is 3.00 bits per heavy atom. The van der Waals surface area contributed by atoms with Crippen LogP contribution >= 0.6 is 12.2 Å². The molecule has 3 N–H and O–H groups in total. The first-order valence-electron chi connectivity index (χ1n) is 6.89. The van der Waals surface area contributed by atoms with Crippen LogP contribution in [0.3, 0.4) is 0 Å². The summed E-state index contributed by atoms with van der Waals surface area (Å²) >= 11 is 5.11. The Kier molecular flexibility index (Phi) is 3.75. The molecule has 1 atom stereocenters. The number of benzene rings is 1. The molecule has 1 aromatic heterocycles. The fraction of sp³-hybridized carbons (Fsp3) is 0.250. The van der Waals surface area contributed by atoms with Crippen LogP contribution in [0, 0.1) is 6.92 Å². The third-order valence-electron chi connectivity index (χ3n) is 3.62. The maximum absolute atomic E-state index is 5.90. The third-order valence-corrected chi connectivity index (χ3v) is 3.82. The number of aryl methyl sites for hydroxylation is 1. The molecule has 4 nitrogen and oxygen atoms in total. The van der Waals surface area contributed by atoms with Crippen LogP contribution in [0.1, 0.15) is 16.7 Å². The van der Waals surface area contributed by atoms with Gasteiger partial charge in [-0.05, 0) is 30.2 Å². The van der Waals surface area contributed by atoms with Crippen molar-refractivity contribution in [1.29, 1.82) is 0 Å². The first kappa shape index (κ1) is 13.8. The summed E-state index contributed by atoms with van der Waals surface area (Å²) < 4.78 is 5.90. The number of thiocarbonyl (C=S) groups is 1. The average molecular weight is 299 g/mol. The summed E-state index contributed by atoms with van der Waals surface area (Å²) in [5.74, 6) is 1.69. The van der Waals surface area contributed by atoms with Gasteiger partial charge < -0.3 is 15.8 Å². The molecule has 2 heterocycles. The van der Waals surface area contributed by atoms with Gasteiger partial charge in [0.05, 0.1) is 12.1 Å². The molecule has 1 unspecified atom stereocenters. The van der Waals surface area contributed by atoms with Gasteiger partial charge in [0.1, 0.15) is 22.7 Å². The van der Waals surface area contributed by atoms with Gasteiger partial charge in [-0.15, -0.1) is 0 Å². The summed E-state index contributed by atoms with van der Waals surface area (Å²) in [5.41, 5.74) is 8.87. The van der Waals surface area contributed by atoms with Gasteiger partial charge in [-0.3, -0.25) is 0 Å². The molecule has 0 saturated heterocycles. The first-order chi connectivity index (χ1) is 10.1. The van der Waals surface area contributed by atoms with Crippen molar-refractivity contribution in [3.05, 3.63) is 53.2 Å². The van der Waals surface area contributed by atoms with Crippen molar-refractivity contribution in [2.75, 3.05) is 11.9 Å². The molecule has 1 aliphatic heterocycles. The lowest BCUT2D eigenvalue weighted by Gasteiger charge is -2.15. The molecule has 5 heteroatoms. The van der Waals surface area contributed by atoms with Gasteiger partial charge in [-0.2, -0.15) is 0 Å². The number of fused-ring (bicyclic) bond motifs is 1. The van der Waals surface area contributed by atoms with Crippen molar-refractivity contribution in [2.45, 2.75) is 19.4 Å². The van der Waals surface area contributed by atoms with Crippen LogP contribution in [0.4, 0.5) is 5.82 Å². The molecular weight excluding hydrogens is 282 g/mol. The Labute approximate surface area is 129 Å². The van der Waals surface area contributed by atoms with Gasteiger partial charge >= 0.3 is 0 Å². The number of nitrogens with zero attached hydrogens (tertiary/aromatic N) is 1. The van der Waals surface area contributed by atoms with E-state index in [0.29, 0.717) is 11.5 Å². The number of nitrogens with two attached hydrogens (primary N) is 1. The van der Waals surface area contributed by atoms with Gasteiger partial charge in [-0.25, -0.2) is 4.98 Å². The van der Waals surface area contributed by atoms with Gasteiger partial charge in [0, 0.05) is 12.6 Å². The standard InChI is InChI=1S/C16H17N3OS/c1-10-6-7-18-16(14(10)15(17)21)19-9-12-8-11-4-2-3-5-13(11)20-12/h2-7,12H,8-9H2,1H3,(H2,17,21)(H,18,19). The van der Waals surface area contributed by atoms with Crippen LogP contribution < -0.4 is 15.8 Å². The highest BCUT2D eigenvalue weighted by molar-refractivity contribution is 7.80. The Morgan fingerprint density at radius 1 is 1.43 bits per heavy atom. The van der Waals surface area contributed by atoms with Crippen molar-refractivity contribution in [3.8, 4) is 5.75 Å². The summed E-state index contributed by atoms with van der Waals surface area (Å²) in [6.07, 6.45) is 2.75. The average Bonchev–Trinajstić information content (AvgIpc) is 2.87. The van der Waals surface area contributed by atoms with Crippen LogP contribution in [-0.2, 0) is 6.42 Å². The zero-order valence-electron chi connectivity index (χ0n) is 11.8. The fourth-order valence-electron chi connectivity index (χ4n) is 2.58. The highest BCUT2D eigenvalue weighted by Gasteiger charge is 2.22. The number of aromatic nitrogens is 1. The molecular formula is C16H17N3OS. The van der Waals surface area contributed by atoms with E-state index in [9.17, 15) is 0 Å². The molecule has 2 aromatic rings. The van der Waals surface area contributed by atoms with E-state index >= 15 is 0 Å². The predicted molar refractivity (Wildman–Crippen MR) is 87.9 cm³/mol. The van der Waals surface area contributed by atoms with E-state index in [1.54, 1.807) is 6.20 Å². The molecule has 0 saturated carbocycles. The summed E-state index contributed by atoms with van der Waals surface area (Å²) in [5, 5.41) is 3.31. The smallest absolute Gasteiger partial charge is 0.136 e. The van der Waals surface area contributed by atoms with E-state index in [1.165, 1.54) is 5.56 Å². The molecule has 0 aliphatic carbocycles. The number of pyridine rings is 1. The quantitative estimate of drug-likeness (QED) is 0.849. The van der Waals surface area contributed by atoms with Crippen LogP contribution in [0.15, 0.2) is 36.5 Å². The molecule has 3 rings (SSSR count). The van der Waals surface area contributed by atoms with Gasteiger partial charge in [-0.1, -0.05) is 30.4 Å². The van der Waals surface area contributed by atoms with Crippen LogP contribution in [0.2, 0.25) is 0 Å². The van der Waals surface area contributed by atoms with Crippen LogP contribution in [-0.4, -0.2) is 22.6 Å². The molecule has 21 heavy (non-hydrogen) atoms. The zero-order valence-corrected chi connectivity index (χ0v) is 12.6. The second kappa shape index (κ2) is 5.69. The Morgan fingerprint density at radius 2 is 2.24 bits per heavy atom. The second-order valence-electron chi connectivity index (χ2n) is 5.15. The molecule has 1 aromatic carbocycles. The van der Waals surface area contributed by atoms with Crippen molar-refractivity contribution in [3.63, 3.8) is 0 Å². The summed E-state index contributed by atoms with van der Waals surface area (Å²) in [6, 6.07) is 10.0. The molecule has 0 radical (unpaired) electrons.